The first kappa shape index (κ1) is 30.6. The Balaban J connectivity index is 2.23. The first-order chi connectivity index (χ1) is 17.2. The van der Waals surface area contributed by atoms with Crippen LogP contribution in [0.3, 0.4) is 0 Å². The summed E-state index contributed by atoms with van der Waals surface area (Å²) in [4.78, 5) is 25.4. The van der Waals surface area contributed by atoms with E-state index in [0.717, 1.165) is 30.4 Å². The number of carbonyl (C=O) groups is 2. The number of rotatable bonds is 11. The largest absolute Gasteiger partial charge is 0.459 e. The van der Waals surface area contributed by atoms with E-state index in [1.54, 1.807) is 6.92 Å². The van der Waals surface area contributed by atoms with Crippen LogP contribution in [-0.4, -0.2) is 17.5 Å². The van der Waals surface area contributed by atoms with Gasteiger partial charge in [0.05, 0.1) is 0 Å². The molecule has 0 amide bonds. The van der Waals surface area contributed by atoms with Crippen molar-refractivity contribution in [2.45, 2.75) is 119 Å². The van der Waals surface area contributed by atoms with E-state index in [1.807, 2.05) is 34.6 Å². The summed E-state index contributed by atoms with van der Waals surface area (Å²) in [6, 6.07) is 8.78. The van der Waals surface area contributed by atoms with E-state index >= 15 is 0 Å². The highest BCUT2D eigenvalue weighted by Crippen LogP contribution is 2.37. The van der Waals surface area contributed by atoms with E-state index in [-0.39, 0.29) is 5.41 Å². The second-order valence-electron chi connectivity index (χ2n) is 11.3. The molecule has 4 nitrogen and oxygen atoms in total. The van der Waals surface area contributed by atoms with Crippen molar-refractivity contribution in [1.82, 2.24) is 0 Å². The second kappa shape index (κ2) is 12.3. The SMILES string of the molecule is CCC(C)(CC)OC(=O)C(C)C(=O)Oc1c(C)cc(Cc2cc(C)c(C(C)(CC)CC)c(C)c2)cc1C. The molecular formula is C33H48O4. The highest BCUT2D eigenvalue weighted by molar-refractivity contribution is 5.95. The van der Waals surface area contributed by atoms with Gasteiger partial charge in [0.2, 0.25) is 0 Å². The topological polar surface area (TPSA) is 52.6 Å². The van der Waals surface area contributed by atoms with Gasteiger partial charge in [0.25, 0.3) is 0 Å². The van der Waals surface area contributed by atoms with Crippen LogP contribution >= 0.6 is 0 Å². The molecule has 2 aromatic rings. The van der Waals surface area contributed by atoms with Crippen molar-refractivity contribution in [1.29, 1.82) is 0 Å². The van der Waals surface area contributed by atoms with Crippen LogP contribution in [0.2, 0.25) is 0 Å². The summed E-state index contributed by atoms with van der Waals surface area (Å²) >= 11 is 0. The zero-order valence-electron chi connectivity index (χ0n) is 25.1. The minimum absolute atomic E-state index is 0.195. The van der Waals surface area contributed by atoms with E-state index in [2.05, 4.69) is 58.9 Å². The van der Waals surface area contributed by atoms with Crippen molar-refractivity contribution >= 4 is 11.9 Å². The molecule has 0 aromatic heterocycles. The first-order valence-corrected chi connectivity index (χ1v) is 13.9. The van der Waals surface area contributed by atoms with Crippen LogP contribution in [0.5, 0.6) is 5.75 Å². The van der Waals surface area contributed by atoms with E-state index in [0.29, 0.717) is 18.6 Å². The number of hydrogen-bond donors (Lipinski definition) is 0. The maximum absolute atomic E-state index is 12.8. The van der Waals surface area contributed by atoms with Crippen molar-refractivity contribution in [2.24, 2.45) is 5.92 Å². The molecule has 1 unspecified atom stereocenters. The average Bonchev–Trinajstić information content (AvgIpc) is 2.84. The normalized spacial score (nSPS) is 12.8. The van der Waals surface area contributed by atoms with Crippen molar-refractivity contribution in [2.75, 3.05) is 0 Å². The summed E-state index contributed by atoms with van der Waals surface area (Å²) in [7, 11) is 0. The van der Waals surface area contributed by atoms with Crippen LogP contribution in [0.25, 0.3) is 0 Å². The molecule has 0 bridgehead atoms. The maximum atomic E-state index is 12.8. The van der Waals surface area contributed by atoms with E-state index in [9.17, 15) is 9.59 Å². The molecule has 0 saturated heterocycles. The highest BCUT2D eigenvalue weighted by Gasteiger charge is 2.32. The van der Waals surface area contributed by atoms with Gasteiger partial charge in [0, 0.05) is 0 Å². The summed E-state index contributed by atoms with van der Waals surface area (Å²) in [5, 5.41) is 0. The van der Waals surface area contributed by atoms with Crippen LogP contribution in [0.4, 0.5) is 0 Å². The van der Waals surface area contributed by atoms with Gasteiger partial charge in [-0.1, -0.05) is 58.9 Å². The molecule has 0 aliphatic carbocycles. The van der Waals surface area contributed by atoms with Gasteiger partial charge < -0.3 is 9.47 Å². The fourth-order valence-electron chi connectivity index (χ4n) is 5.26. The highest BCUT2D eigenvalue weighted by atomic mass is 16.6. The van der Waals surface area contributed by atoms with Crippen molar-refractivity contribution in [3.8, 4) is 5.75 Å². The predicted octanol–water partition coefficient (Wildman–Crippen LogP) is 8.25. The lowest BCUT2D eigenvalue weighted by Gasteiger charge is -2.31. The Morgan fingerprint density at radius 1 is 0.730 bits per heavy atom. The molecule has 0 spiro atoms. The van der Waals surface area contributed by atoms with Gasteiger partial charge in [-0.2, -0.15) is 0 Å². The van der Waals surface area contributed by atoms with Gasteiger partial charge in [0.1, 0.15) is 11.4 Å². The van der Waals surface area contributed by atoms with E-state index < -0.39 is 23.5 Å². The maximum Gasteiger partial charge on any atom is 0.325 e. The Morgan fingerprint density at radius 2 is 1.16 bits per heavy atom. The molecule has 0 radical (unpaired) electrons. The molecule has 4 heteroatoms. The third kappa shape index (κ3) is 7.03. The van der Waals surface area contributed by atoms with Gasteiger partial charge in [-0.25, -0.2) is 0 Å². The van der Waals surface area contributed by atoms with E-state index in [1.165, 1.54) is 27.8 Å². The molecule has 37 heavy (non-hydrogen) atoms. The van der Waals surface area contributed by atoms with Crippen molar-refractivity contribution in [3.05, 3.63) is 63.2 Å². The van der Waals surface area contributed by atoms with Crippen molar-refractivity contribution in [3.63, 3.8) is 0 Å². The molecule has 0 fully saturated rings. The number of aryl methyl sites for hydroxylation is 4. The van der Waals surface area contributed by atoms with Crippen LogP contribution in [-0.2, 0) is 26.2 Å². The van der Waals surface area contributed by atoms with Crippen LogP contribution < -0.4 is 4.74 Å². The molecule has 204 valence electrons. The van der Waals surface area contributed by atoms with Gasteiger partial charge in [-0.05, 0) is 118 Å². The standard InChI is InChI=1S/C33H48O4/c1-12-32(10,13-2)28-21(5)16-26(17-22(28)6)20-27-18-23(7)29(24(8)19-27)36-30(34)25(9)31(35)37-33(11,14-3)15-4/h16-19,25H,12-15,20H2,1-11H3. The van der Waals surface area contributed by atoms with Crippen LogP contribution in [0.1, 0.15) is 113 Å². The van der Waals surface area contributed by atoms with Gasteiger partial charge >= 0.3 is 11.9 Å². The summed E-state index contributed by atoms with van der Waals surface area (Å²) in [5.74, 6) is -1.60. The third-order valence-corrected chi connectivity index (χ3v) is 8.44. The monoisotopic (exact) mass is 508 g/mol. The fourth-order valence-corrected chi connectivity index (χ4v) is 5.26. The van der Waals surface area contributed by atoms with Crippen LogP contribution in [0.15, 0.2) is 24.3 Å². The molecule has 2 rings (SSSR count). The van der Waals surface area contributed by atoms with Gasteiger partial charge in [-0.15, -0.1) is 0 Å². The van der Waals surface area contributed by atoms with Crippen molar-refractivity contribution < 1.29 is 19.1 Å². The second-order valence-corrected chi connectivity index (χ2v) is 11.3. The third-order valence-electron chi connectivity index (χ3n) is 8.44. The number of hydrogen-bond acceptors (Lipinski definition) is 4. The lowest BCUT2D eigenvalue weighted by atomic mass is 9.73. The molecule has 0 heterocycles. The quantitative estimate of drug-likeness (QED) is 0.174. The Bertz CT molecular complexity index is 1070. The molecule has 0 N–H and O–H groups in total. The zero-order valence-corrected chi connectivity index (χ0v) is 25.1. The Labute approximate surface area is 225 Å². The number of esters is 2. The van der Waals surface area contributed by atoms with Gasteiger partial charge in [0.15, 0.2) is 5.92 Å². The summed E-state index contributed by atoms with van der Waals surface area (Å²) in [5.41, 5.74) is 8.01. The Hall–Kier alpha value is -2.62. The molecule has 2 aromatic carbocycles. The van der Waals surface area contributed by atoms with E-state index in [4.69, 9.17) is 9.47 Å². The fraction of sp³-hybridized carbons (Fsp3) is 0.576. The molecule has 0 aliphatic rings. The Kier molecular flexibility index (Phi) is 10.2. The zero-order chi connectivity index (χ0) is 28.1. The molecule has 1 atom stereocenters. The number of benzene rings is 2. The first-order valence-electron chi connectivity index (χ1n) is 13.9. The minimum atomic E-state index is -0.989. The lowest BCUT2D eigenvalue weighted by molar-refractivity contribution is -0.168. The minimum Gasteiger partial charge on any atom is -0.459 e. The smallest absolute Gasteiger partial charge is 0.325 e. The Morgan fingerprint density at radius 3 is 1.57 bits per heavy atom. The molecular weight excluding hydrogens is 460 g/mol. The summed E-state index contributed by atoms with van der Waals surface area (Å²) in [6.45, 7) is 22.6. The molecule has 0 saturated carbocycles. The number of ether oxygens (including phenoxy) is 2. The summed E-state index contributed by atoms with van der Waals surface area (Å²) < 4.78 is 11.3. The van der Waals surface area contributed by atoms with Gasteiger partial charge in [-0.3, -0.25) is 9.59 Å². The lowest BCUT2D eigenvalue weighted by Crippen LogP contribution is -2.36. The average molecular weight is 509 g/mol. The summed E-state index contributed by atoms with van der Waals surface area (Å²) in [6.07, 6.45) is 4.43. The van der Waals surface area contributed by atoms with Crippen LogP contribution in [0, 0.1) is 33.6 Å². The number of carbonyl (C=O) groups excluding carboxylic acids is 2. The predicted molar refractivity (Wildman–Crippen MR) is 152 cm³/mol. The molecule has 0 aliphatic heterocycles.